The number of nitrogens with one attached hydrogen (secondary N) is 1. The second-order valence-corrected chi connectivity index (χ2v) is 10.3. The molecule has 2 atom stereocenters. The van der Waals surface area contributed by atoms with Gasteiger partial charge in [0.25, 0.3) is 0 Å². The molecule has 0 amide bonds. The molecule has 1 N–H and O–H groups in total. The molecule has 2 fully saturated rings. The normalized spacial score (nSPS) is 25.3. The Bertz CT molecular complexity index is 939. The van der Waals surface area contributed by atoms with Crippen LogP contribution in [-0.4, -0.2) is 61.6 Å². The van der Waals surface area contributed by atoms with Crippen LogP contribution in [0.4, 0.5) is 11.8 Å². The van der Waals surface area contributed by atoms with E-state index >= 15 is 0 Å². The predicted octanol–water partition coefficient (Wildman–Crippen LogP) is 1.52. The smallest absolute Gasteiger partial charge is 0.227 e. The van der Waals surface area contributed by atoms with Crippen LogP contribution in [0.1, 0.15) is 10.4 Å². The van der Waals surface area contributed by atoms with Gasteiger partial charge in [-0.1, -0.05) is 0 Å². The quantitative estimate of drug-likeness (QED) is 0.722. The van der Waals surface area contributed by atoms with E-state index in [4.69, 9.17) is 4.98 Å². The van der Waals surface area contributed by atoms with Crippen LogP contribution in [0.2, 0.25) is 0 Å². The van der Waals surface area contributed by atoms with E-state index < -0.39 is 9.84 Å². The molecule has 0 bridgehead atoms. The number of halogens is 2. The molecule has 11 heteroatoms. The number of hydrogen-bond acceptors (Lipinski definition) is 8. The van der Waals surface area contributed by atoms with Gasteiger partial charge in [-0.2, -0.15) is 4.98 Å². The molecule has 5 heterocycles. The first kappa shape index (κ1) is 21.6. The molecule has 0 radical (unpaired) electrons. The molecule has 28 heavy (non-hydrogen) atoms. The average Bonchev–Trinajstić information content (AvgIpc) is 3.22. The van der Waals surface area contributed by atoms with Crippen molar-refractivity contribution in [3.8, 4) is 0 Å². The number of piperazine rings is 1. The van der Waals surface area contributed by atoms with Gasteiger partial charge in [0.05, 0.1) is 17.5 Å². The van der Waals surface area contributed by atoms with Crippen molar-refractivity contribution in [3.63, 3.8) is 0 Å². The lowest BCUT2D eigenvalue weighted by atomic mass is 10.1. The summed E-state index contributed by atoms with van der Waals surface area (Å²) < 4.78 is 24.1. The van der Waals surface area contributed by atoms with Crippen molar-refractivity contribution in [1.82, 2.24) is 15.3 Å². The summed E-state index contributed by atoms with van der Waals surface area (Å²) in [5, 5.41) is 5.49. The van der Waals surface area contributed by atoms with E-state index in [-0.39, 0.29) is 48.4 Å². The van der Waals surface area contributed by atoms with Gasteiger partial charge >= 0.3 is 0 Å². The van der Waals surface area contributed by atoms with E-state index in [1.54, 1.807) is 6.20 Å². The van der Waals surface area contributed by atoms with Crippen LogP contribution in [0.25, 0.3) is 0 Å². The third kappa shape index (κ3) is 3.95. The van der Waals surface area contributed by atoms with E-state index in [1.807, 2.05) is 17.4 Å². The summed E-state index contributed by atoms with van der Waals surface area (Å²) in [6, 6.07) is 4.04. The van der Waals surface area contributed by atoms with Crippen LogP contribution in [0, 0.1) is 0 Å². The Labute approximate surface area is 181 Å². The van der Waals surface area contributed by atoms with Crippen molar-refractivity contribution >= 4 is 57.8 Å². The highest BCUT2D eigenvalue weighted by molar-refractivity contribution is 7.91. The number of rotatable bonds is 2. The first-order valence-electron chi connectivity index (χ1n) is 8.93. The molecule has 0 aliphatic carbocycles. The van der Waals surface area contributed by atoms with Gasteiger partial charge in [-0.3, -0.25) is 0 Å². The van der Waals surface area contributed by atoms with Gasteiger partial charge in [-0.05, 0) is 29.5 Å². The molecule has 2 saturated heterocycles. The van der Waals surface area contributed by atoms with Crippen LogP contribution in [0.15, 0.2) is 23.7 Å². The second kappa shape index (κ2) is 8.31. The van der Waals surface area contributed by atoms with Gasteiger partial charge in [0.15, 0.2) is 9.84 Å². The number of nitrogens with zero attached hydrogens (tertiary/aromatic N) is 4. The fraction of sp³-hybridized carbons (Fsp3) is 0.529. The van der Waals surface area contributed by atoms with Crippen molar-refractivity contribution < 1.29 is 8.42 Å². The lowest BCUT2D eigenvalue weighted by Crippen LogP contribution is -2.57. The SMILES string of the molecule is Cl.Cl.O=S1(=O)C[C@@H]2NCCN(c3ccnc(N4CCc5sccc5C4)n3)[C@@H]2C1. The number of aromatic nitrogens is 2. The van der Waals surface area contributed by atoms with Crippen LogP contribution in [0.5, 0.6) is 0 Å². The molecular weight excluding hydrogens is 441 g/mol. The lowest BCUT2D eigenvalue weighted by Gasteiger charge is -2.38. The number of sulfone groups is 1. The summed E-state index contributed by atoms with van der Waals surface area (Å²) in [6.45, 7) is 3.29. The monoisotopic (exact) mass is 463 g/mol. The Morgan fingerprint density at radius 3 is 2.89 bits per heavy atom. The molecule has 3 aliphatic rings. The van der Waals surface area contributed by atoms with Gasteiger partial charge in [-0.25, -0.2) is 13.4 Å². The molecule has 5 rings (SSSR count). The molecule has 0 unspecified atom stereocenters. The van der Waals surface area contributed by atoms with E-state index in [9.17, 15) is 8.42 Å². The largest absolute Gasteiger partial charge is 0.350 e. The zero-order chi connectivity index (χ0) is 17.7. The summed E-state index contributed by atoms with van der Waals surface area (Å²) in [5.41, 5.74) is 1.36. The molecule has 2 aromatic rings. The Kier molecular flexibility index (Phi) is 6.41. The molecule has 154 valence electrons. The fourth-order valence-electron chi connectivity index (χ4n) is 4.22. The van der Waals surface area contributed by atoms with Crippen molar-refractivity contribution in [1.29, 1.82) is 0 Å². The molecular formula is C17H23Cl2N5O2S2. The van der Waals surface area contributed by atoms with Gasteiger partial charge in [0.1, 0.15) is 5.82 Å². The fourth-order valence-corrected chi connectivity index (χ4v) is 7.07. The summed E-state index contributed by atoms with van der Waals surface area (Å²) in [5.74, 6) is 1.99. The third-order valence-electron chi connectivity index (χ3n) is 5.50. The second-order valence-electron chi connectivity index (χ2n) is 7.15. The van der Waals surface area contributed by atoms with Gasteiger partial charge in [0.2, 0.25) is 5.95 Å². The highest BCUT2D eigenvalue weighted by atomic mass is 35.5. The van der Waals surface area contributed by atoms with E-state index in [0.29, 0.717) is 0 Å². The van der Waals surface area contributed by atoms with Crippen molar-refractivity contribution in [2.24, 2.45) is 0 Å². The number of thiophene rings is 1. The molecule has 0 saturated carbocycles. The Morgan fingerprint density at radius 2 is 2.04 bits per heavy atom. The minimum atomic E-state index is -2.98. The van der Waals surface area contributed by atoms with Crippen LogP contribution in [-0.2, 0) is 22.8 Å². The standard InChI is InChI=1S/C17H21N5O2S2.2ClH/c23-26(24)10-13-14(11-26)22(7-5-18-13)16-1-4-19-17(20-16)21-6-2-15-12(9-21)3-8-25-15;;/h1,3-4,8,13-14,18H,2,5-7,9-11H2;2*1H/t13-,14+;;/m0../s1. The maximum atomic E-state index is 12.1. The number of anilines is 2. The summed E-state index contributed by atoms with van der Waals surface area (Å²) in [6.07, 6.45) is 2.82. The van der Waals surface area contributed by atoms with Crippen molar-refractivity contribution in [2.75, 3.05) is 40.9 Å². The van der Waals surface area contributed by atoms with Gasteiger partial charge < -0.3 is 15.1 Å². The van der Waals surface area contributed by atoms with Gasteiger partial charge in [0, 0.05) is 43.3 Å². The zero-order valence-corrected chi connectivity index (χ0v) is 18.4. The van der Waals surface area contributed by atoms with E-state index in [1.165, 1.54) is 10.4 Å². The summed E-state index contributed by atoms with van der Waals surface area (Å²) in [7, 11) is -2.98. The van der Waals surface area contributed by atoms with Crippen LogP contribution < -0.4 is 15.1 Å². The number of hydrogen-bond donors (Lipinski definition) is 1. The summed E-state index contributed by atoms with van der Waals surface area (Å²) in [4.78, 5) is 15.1. The first-order chi connectivity index (χ1) is 12.6. The van der Waals surface area contributed by atoms with Crippen molar-refractivity contribution in [2.45, 2.75) is 25.0 Å². The highest BCUT2D eigenvalue weighted by Crippen LogP contribution is 2.29. The number of fused-ring (bicyclic) bond motifs is 2. The molecule has 2 aromatic heterocycles. The summed E-state index contributed by atoms with van der Waals surface area (Å²) >= 11 is 1.82. The van der Waals surface area contributed by atoms with E-state index in [2.05, 4.69) is 31.5 Å². The molecule has 7 nitrogen and oxygen atoms in total. The molecule has 0 aromatic carbocycles. The lowest BCUT2D eigenvalue weighted by molar-refractivity contribution is 0.422. The Morgan fingerprint density at radius 1 is 1.18 bits per heavy atom. The first-order valence-corrected chi connectivity index (χ1v) is 11.6. The maximum absolute atomic E-state index is 12.1. The minimum Gasteiger partial charge on any atom is -0.350 e. The maximum Gasteiger partial charge on any atom is 0.227 e. The third-order valence-corrected chi connectivity index (χ3v) is 8.23. The predicted molar refractivity (Wildman–Crippen MR) is 117 cm³/mol. The minimum absolute atomic E-state index is 0. The van der Waals surface area contributed by atoms with Crippen LogP contribution in [0.3, 0.4) is 0 Å². The van der Waals surface area contributed by atoms with E-state index in [0.717, 1.165) is 44.4 Å². The average molecular weight is 464 g/mol. The van der Waals surface area contributed by atoms with Gasteiger partial charge in [-0.15, -0.1) is 36.2 Å². The zero-order valence-electron chi connectivity index (χ0n) is 15.2. The Hall–Kier alpha value is -1.13. The highest BCUT2D eigenvalue weighted by Gasteiger charge is 2.43. The van der Waals surface area contributed by atoms with Crippen LogP contribution >= 0.6 is 36.2 Å². The molecule has 3 aliphatic heterocycles. The molecule has 0 spiro atoms. The topological polar surface area (TPSA) is 78.4 Å². The van der Waals surface area contributed by atoms with Crippen molar-refractivity contribution in [3.05, 3.63) is 34.2 Å². The Balaban J connectivity index is 0.00000112.